The number of amides is 1. The Labute approximate surface area is 146 Å². The molecule has 0 saturated carbocycles. The first kappa shape index (κ1) is 15.8. The number of nitrogens with one attached hydrogen (secondary N) is 3. The van der Waals surface area contributed by atoms with Gasteiger partial charge >= 0.3 is 0 Å². The Balaban J connectivity index is 1.44. The van der Waals surface area contributed by atoms with Crippen LogP contribution in [0.4, 0.5) is 5.82 Å². The first-order chi connectivity index (χ1) is 12.3. The summed E-state index contributed by atoms with van der Waals surface area (Å²) in [5, 5.41) is 15.9. The van der Waals surface area contributed by atoms with Crippen LogP contribution in [0.25, 0.3) is 10.8 Å². The van der Waals surface area contributed by atoms with Crippen molar-refractivity contribution < 1.29 is 4.79 Å². The Morgan fingerprint density at radius 1 is 1.12 bits per heavy atom. The van der Waals surface area contributed by atoms with Gasteiger partial charge in [0.05, 0.1) is 6.42 Å². The van der Waals surface area contributed by atoms with Crippen molar-refractivity contribution in [2.45, 2.75) is 25.2 Å². The zero-order valence-corrected chi connectivity index (χ0v) is 14.1. The van der Waals surface area contributed by atoms with Crippen LogP contribution in [-0.4, -0.2) is 29.2 Å². The predicted molar refractivity (Wildman–Crippen MR) is 99.7 cm³/mol. The van der Waals surface area contributed by atoms with E-state index in [-0.39, 0.29) is 5.91 Å². The molecule has 1 aliphatic rings. The monoisotopic (exact) mass is 334 g/mol. The molecule has 0 aliphatic carbocycles. The molecule has 3 N–H and O–H groups in total. The quantitative estimate of drug-likeness (QED) is 0.686. The van der Waals surface area contributed by atoms with Crippen molar-refractivity contribution in [1.29, 1.82) is 0 Å². The average molecular weight is 334 g/mol. The number of nitrogens with zero attached hydrogens (tertiary/aromatic N) is 1. The number of carbonyl (C=O) groups is 1. The lowest BCUT2D eigenvalue weighted by atomic mass is 9.95. The normalized spacial score (nSPS) is 15.4. The van der Waals surface area contributed by atoms with Gasteiger partial charge in [0, 0.05) is 17.7 Å². The lowest BCUT2D eigenvalue weighted by molar-refractivity contribution is -0.115. The summed E-state index contributed by atoms with van der Waals surface area (Å²) in [5.41, 5.74) is 2.15. The van der Waals surface area contributed by atoms with Crippen molar-refractivity contribution in [2.75, 3.05) is 18.4 Å². The fraction of sp³-hybridized carbons (Fsp3) is 0.300. The van der Waals surface area contributed by atoms with Crippen LogP contribution >= 0.6 is 0 Å². The lowest BCUT2D eigenvalue weighted by Crippen LogP contribution is -2.26. The molecule has 3 aromatic rings. The van der Waals surface area contributed by atoms with Crippen molar-refractivity contribution in [2.24, 2.45) is 0 Å². The summed E-state index contributed by atoms with van der Waals surface area (Å²) in [5.74, 6) is 1.07. The summed E-state index contributed by atoms with van der Waals surface area (Å²) in [7, 11) is 0. The van der Waals surface area contributed by atoms with Gasteiger partial charge in [0.2, 0.25) is 5.91 Å². The maximum atomic E-state index is 12.4. The summed E-state index contributed by atoms with van der Waals surface area (Å²) < 4.78 is 0. The standard InChI is InChI=1S/C20H22N4O/c25-20(12-16-6-3-5-14-4-1-2-7-17(14)16)22-19-13-18(23-24-19)15-8-10-21-11-9-15/h1-7,13,15,21H,8-12H2,(H2,22,23,24,25). The maximum absolute atomic E-state index is 12.4. The van der Waals surface area contributed by atoms with Gasteiger partial charge < -0.3 is 10.6 Å². The molecule has 1 aromatic heterocycles. The molecule has 2 aromatic carbocycles. The Morgan fingerprint density at radius 2 is 1.92 bits per heavy atom. The molecule has 5 heteroatoms. The summed E-state index contributed by atoms with van der Waals surface area (Å²) in [6.07, 6.45) is 2.55. The number of carbonyl (C=O) groups excluding carboxylic acids is 1. The van der Waals surface area contributed by atoms with E-state index >= 15 is 0 Å². The molecule has 4 rings (SSSR count). The van der Waals surface area contributed by atoms with E-state index in [0.29, 0.717) is 18.2 Å². The summed E-state index contributed by atoms with van der Waals surface area (Å²) in [4.78, 5) is 12.4. The number of hydrogen-bond acceptors (Lipinski definition) is 3. The van der Waals surface area contributed by atoms with E-state index in [1.54, 1.807) is 0 Å². The van der Waals surface area contributed by atoms with E-state index < -0.39 is 0 Å². The van der Waals surface area contributed by atoms with Crippen molar-refractivity contribution in [3.63, 3.8) is 0 Å². The van der Waals surface area contributed by atoms with Crippen LogP contribution in [0.2, 0.25) is 0 Å². The van der Waals surface area contributed by atoms with Gasteiger partial charge in [-0.05, 0) is 42.3 Å². The van der Waals surface area contributed by atoms with E-state index in [1.165, 1.54) is 0 Å². The topological polar surface area (TPSA) is 69.8 Å². The smallest absolute Gasteiger partial charge is 0.230 e. The molecule has 1 aliphatic heterocycles. The third-order valence-corrected chi connectivity index (χ3v) is 4.88. The average Bonchev–Trinajstić information content (AvgIpc) is 3.11. The Morgan fingerprint density at radius 3 is 2.80 bits per heavy atom. The number of aromatic nitrogens is 2. The first-order valence-corrected chi connectivity index (χ1v) is 8.82. The highest BCUT2D eigenvalue weighted by Gasteiger charge is 2.18. The minimum absolute atomic E-state index is 0.0419. The Kier molecular flexibility index (Phi) is 4.48. The Bertz CT molecular complexity index is 875. The van der Waals surface area contributed by atoms with Gasteiger partial charge in [0.25, 0.3) is 0 Å². The van der Waals surface area contributed by atoms with E-state index in [0.717, 1.165) is 48.0 Å². The second-order valence-corrected chi connectivity index (χ2v) is 6.60. The van der Waals surface area contributed by atoms with Gasteiger partial charge in [-0.15, -0.1) is 0 Å². The predicted octanol–water partition coefficient (Wildman–Crippen LogP) is 3.21. The molecule has 0 unspecified atom stereocenters. The van der Waals surface area contributed by atoms with E-state index in [1.807, 2.05) is 30.3 Å². The number of anilines is 1. The number of H-pyrrole nitrogens is 1. The fourth-order valence-electron chi connectivity index (χ4n) is 3.55. The summed E-state index contributed by atoms with van der Waals surface area (Å²) in [6.45, 7) is 2.07. The molecule has 1 saturated heterocycles. The number of fused-ring (bicyclic) bond motifs is 1. The van der Waals surface area contributed by atoms with Crippen LogP contribution in [0, 0.1) is 0 Å². The molecule has 25 heavy (non-hydrogen) atoms. The lowest BCUT2D eigenvalue weighted by Gasteiger charge is -2.20. The molecular formula is C20H22N4O. The van der Waals surface area contributed by atoms with Gasteiger partial charge in [-0.1, -0.05) is 42.5 Å². The van der Waals surface area contributed by atoms with Gasteiger partial charge in [-0.3, -0.25) is 9.89 Å². The van der Waals surface area contributed by atoms with Gasteiger partial charge in [-0.2, -0.15) is 5.10 Å². The van der Waals surface area contributed by atoms with Crippen LogP contribution in [0.3, 0.4) is 0 Å². The number of piperidine rings is 1. The highest BCUT2D eigenvalue weighted by atomic mass is 16.1. The van der Waals surface area contributed by atoms with Gasteiger partial charge in [0.1, 0.15) is 0 Å². The minimum atomic E-state index is -0.0419. The number of aromatic amines is 1. The molecule has 0 bridgehead atoms. The van der Waals surface area contributed by atoms with Gasteiger partial charge in [-0.25, -0.2) is 0 Å². The van der Waals surface area contributed by atoms with Crippen LogP contribution in [-0.2, 0) is 11.2 Å². The summed E-state index contributed by atoms with van der Waals surface area (Å²) in [6, 6.07) is 16.2. The molecule has 0 spiro atoms. The molecule has 5 nitrogen and oxygen atoms in total. The SMILES string of the molecule is O=C(Cc1cccc2ccccc12)Nc1cc(C2CCNCC2)[nH]n1. The largest absolute Gasteiger partial charge is 0.317 e. The number of hydrogen-bond donors (Lipinski definition) is 3. The summed E-state index contributed by atoms with van der Waals surface area (Å²) >= 11 is 0. The van der Waals surface area contributed by atoms with Crippen LogP contribution in [0.5, 0.6) is 0 Å². The van der Waals surface area contributed by atoms with Crippen molar-refractivity contribution in [3.8, 4) is 0 Å². The van der Waals surface area contributed by atoms with E-state index in [2.05, 4.69) is 39.0 Å². The highest BCUT2D eigenvalue weighted by molar-refractivity contribution is 5.95. The van der Waals surface area contributed by atoms with Crippen molar-refractivity contribution >= 4 is 22.5 Å². The van der Waals surface area contributed by atoms with Gasteiger partial charge in [0.15, 0.2) is 5.82 Å². The van der Waals surface area contributed by atoms with Crippen molar-refractivity contribution in [3.05, 3.63) is 59.8 Å². The van der Waals surface area contributed by atoms with Crippen LogP contribution < -0.4 is 10.6 Å². The molecule has 128 valence electrons. The zero-order valence-electron chi connectivity index (χ0n) is 14.1. The molecule has 0 radical (unpaired) electrons. The molecule has 1 fully saturated rings. The molecular weight excluding hydrogens is 312 g/mol. The Hall–Kier alpha value is -2.66. The molecule has 2 heterocycles. The van der Waals surface area contributed by atoms with E-state index in [9.17, 15) is 4.79 Å². The highest BCUT2D eigenvalue weighted by Crippen LogP contribution is 2.25. The van der Waals surface area contributed by atoms with Crippen LogP contribution in [0.1, 0.15) is 30.0 Å². The van der Waals surface area contributed by atoms with Crippen molar-refractivity contribution in [1.82, 2.24) is 15.5 Å². The molecule has 0 atom stereocenters. The zero-order chi connectivity index (χ0) is 17.1. The number of rotatable bonds is 4. The second-order valence-electron chi connectivity index (χ2n) is 6.60. The third-order valence-electron chi connectivity index (χ3n) is 4.88. The van der Waals surface area contributed by atoms with Crippen LogP contribution in [0.15, 0.2) is 48.5 Å². The second kappa shape index (κ2) is 7.07. The molecule has 1 amide bonds. The maximum Gasteiger partial charge on any atom is 0.230 e. The number of benzene rings is 2. The minimum Gasteiger partial charge on any atom is -0.317 e. The van der Waals surface area contributed by atoms with E-state index in [4.69, 9.17) is 0 Å². The fourth-order valence-corrected chi connectivity index (χ4v) is 3.55. The first-order valence-electron chi connectivity index (χ1n) is 8.82. The third kappa shape index (κ3) is 3.56.